The normalized spacial score (nSPS) is 19.0. The number of aromatic nitrogens is 1. The topological polar surface area (TPSA) is 39.6 Å². The van der Waals surface area contributed by atoms with E-state index in [9.17, 15) is 5.11 Å². The molecular weight excluding hydrogens is 226 g/mol. The van der Waals surface area contributed by atoms with Gasteiger partial charge in [0, 0.05) is 32.4 Å². The van der Waals surface area contributed by atoms with Crippen LogP contribution >= 0.6 is 0 Å². The highest BCUT2D eigenvalue weighted by Crippen LogP contribution is 2.23. The van der Waals surface area contributed by atoms with Gasteiger partial charge in [-0.1, -0.05) is 6.92 Å². The Bertz CT molecular complexity index is 400. The van der Waals surface area contributed by atoms with Crippen LogP contribution in [0.25, 0.3) is 0 Å². The Labute approximate surface area is 109 Å². The maximum Gasteiger partial charge on any atom is 0.131 e. The molecule has 1 atom stereocenters. The minimum absolute atomic E-state index is 0.391. The van der Waals surface area contributed by atoms with Gasteiger partial charge in [-0.3, -0.25) is 0 Å². The number of likely N-dealkylation sites (N-methyl/N-ethyl adjacent to an activating group) is 1. The van der Waals surface area contributed by atoms with Crippen LogP contribution in [0.4, 0.5) is 5.82 Å². The van der Waals surface area contributed by atoms with Gasteiger partial charge >= 0.3 is 0 Å². The molecule has 18 heavy (non-hydrogen) atoms. The van der Waals surface area contributed by atoms with E-state index in [1.54, 1.807) is 0 Å². The molecule has 0 aliphatic carbocycles. The van der Waals surface area contributed by atoms with Crippen molar-refractivity contribution in [1.82, 2.24) is 9.88 Å². The smallest absolute Gasteiger partial charge is 0.131 e. The Morgan fingerprint density at radius 3 is 2.56 bits per heavy atom. The van der Waals surface area contributed by atoms with E-state index in [4.69, 9.17) is 0 Å². The Balaban J connectivity index is 2.14. The molecule has 0 saturated carbocycles. The van der Waals surface area contributed by atoms with Crippen LogP contribution in [-0.2, 0) is 0 Å². The van der Waals surface area contributed by atoms with Crippen LogP contribution in [-0.4, -0.2) is 48.2 Å². The van der Waals surface area contributed by atoms with Crippen molar-refractivity contribution in [3.05, 3.63) is 23.4 Å². The number of hydrogen-bond donors (Lipinski definition) is 1. The van der Waals surface area contributed by atoms with E-state index in [-0.39, 0.29) is 0 Å². The van der Waals surface area contributed by atoms with E-state index in [1.807, 2.05) is 13.1 Å². The van der Waals surface area contributed by atoms with E-state index in [1.165, 1.54) is 0 Å². The Morgan fingerprint density at radius 1 is 1.33 bits per heavy atom. The second-order valence-electron chi connectivity index (χ2n) is 5.12. The average Bonchev–Trinajstić information content (AvgIpc) is 2.39. The number of anilines is 1. The molecule has 0 aromatic carbocycles. The lowest BCUT2D eigenvalue weighted by molar-refractivity contribution is 0.173. The van der Waals surface area contributed by atoms with Gasteiger partial charge in [0.05, 0.1) is 6.10 Å². The Kier molecular flexibility index (Phi) is 4.19. The first-order chi connectivity index (χ1) is 8.61. The molecule has 4 heteroatoms. The molecule has 0 amide bonds. The molecule has 1 aromatic heterocycles. The fourth-order valence-electron chi connectivity index (χ4n) is 2.36. The fraction of sp³-hybridized carbons (Fsp3) is 0.643. The summed E-state index contributed by atoms with van der Waals surface area (Å²) in [4.78, 5) is 9.21. The second kappa shape index (κ2) is 5.67. The summed E-state index contributed by atoms with van der Waals surface area (Å²) in [7, 11) is 2.15. The van der Waals surface area contributed by atoms with Gasteiger partial charge in [-0.2, -0.15) is 0 Å². The summed E-state index contributed by atoms with van der Waals surface area (Å²) in [5, 5.41) is 9.83. The van der Waals surface area contributed by atoms with Gasteiger partial charge in [0.2, 0.25) is 0 Å². The van der Waals surface area contributed by atoms with E-state index in [0.717, 1.165) is 49.5 Å². The van der Waals surface area contributed by atoms with E-state index in [2.05, 4.69) is 34.8 Å². The van der Waals surface area contributed by atoms with Crippen molar-refractivity contribution >= 4 is 5.82 Å². The zero-order chi connectivity index (χ0) is 13.1. The molecule has 0 bridgehead atoms. The number of aryl methyl sites for hydroxylation is 1. The molecule has 0 spiro atoms. The van der Waals surface area contributed by atoms with Gasteiger partial charge in [-0.15, -0.1) is 0 Å². The quantitative estimate of drug-likeness (QED) is 0.883. The number of aliphatic hydroxyl groups excluding tert-OH is 1. The third kappa shape index (κ3) is 2.82. The van der Waals surface area contributed by atoms with Gasteiger partial charge in [-0.25, -0.2) is 4.98 Å². The highest BCUT2D eigenvalue weighted by molar-refractivity contribution is 5.48. The highest BCUT2D eigenvalue weighted by atomic mass is 16.3. The molecule has 2 rings (SSSR count). The first-order valence-electron chi connectivity index (χ1n) is 6.70. The van der Waals surface area contributed by atoms with Gasteiger partial charge in [0.1, 0.15) is 5.82 Å². The molecular formula is C14H23N3O. The van der Waals surface area contributed by atoms with Crippen LogP contribution in [0.3, 0.4) is 0 Å². The first kappa shape index (κ1) is 13.3. The highest BCUT2D eigenvalue weighted by Gasteiger charge is 2.17. The molecule has 0 radical (unpaired) electrons. The van der Waals surface area contributed by atoms with Gasteiger partial charge in [0.25, 0.3) is 0 Å². The van der Waals surface area contributed by atoms with Gasteiger partial charge in [-0.05, 0) is 37.6 Å². The number of rotatable bonds is 3. The van der Waals surface area contributed by atoms with Gasteiger partial charge < -0.3 is 14.9 Å². The first-order valence-corrected chi connectivity index (χ1v) is 6.70. The predicted molar refractivity (Wildman–Crippen MR) is 73.9 cm³/mol. The molecule has 1 N–H and O–H groups in total. The number of hydrogen-bond acceptors (Lipinski definition) is 4. The number of aliphatic hydroxyl groups is 1. The molecule has 100 valence electrons. The standard InChI is InChI=1S/C14H23N3O/c1-4-13(18)12-9-11(2)14(15-10-12)17-7-5-16(3)6-8-17/h9-10,13,18H,4-8H2,1-3H3. The third-order valence-corrected chi connectivity index (χ3v) is 3.65. The average molecular weight is 249 g/mol. The van der Waals surface area contributed by atoms with Crippen molar-refractivity contribution in [2.45, 2.75) is 26.4 Å². The van der Waals surface area contributed by atoms with E-state index < -0.39 is 6.10 Å². The summed E-state index contributed by atoms with van der Waals surface area (Å²) < 4.78 is 0. The summed E-state index contributed by atoms with van der Waals surface area (Å²) >= 11 is 0. The molecule has 1 aliphatic heterocycles. The van der Waals surface area contributed by atoms with Crippen LogP contribution in [0, 0.1) is 6.92 Å². The monoisotopic (exact) mass is 249 g/mol. The van der Waals surface area contributed by atoms with E-state index >= 15 is 0 Å². The zero-order valence-corrected chi connectivity index (χ0v) is 11.6. The SMILES string of the molecule is CCC(O)c1cnc(N2CCN(C)CC2)c(C)c1. The lowest BCUT2D eigenvalue weighted by Crippen LogP contribution is -2.45. The molecule has 1 unspecified atom stereocenters. The number of pyridine rings is 1. The maximum absolute atomic E-state index is 9.83. The van der Waals surface area contributed by atoms with Crippen molar-refractivity contribution in [1.29, 1.82) is 0 Å². The summed E-state index contributed by atoms with van der Waals surface area (Å²) in [5.41, 5.74) is 2.08. The molecule has 2 heterocycles. The van der Waals surface area contributed by atoms with Gasteiger partial charge in [0.15, 0.2) is 0 Å². The van der Waals surface area contributed by atoms with Crippen LogP contribution in [0.2, 0.25) is 0 Å². The third-order valence-electron chi connectivity index (χ3n) is 3.65. The predicted octanol–water partition coefficient (Wildman–Crippen LogP) is 1.59. The van der Waals surface area contributed by atoms with Crippen LogP contribution in [0.15, 0.2) is 12.3 Å². The Morgan fingerprint density at radius 2 is 2.00 bits per heavy atom. The number of nitrogens with zero attached hydrogens (tertiary/aromatic N) is 3. The van der Waals surface area contributed by atoms with Crippen molar-refractivity contribution in [3.63, 3.8) is 0 Å². The molecule has 1 aromatic rings. The second-order valence-corrected chi connectivity index (χ2v) is 5.12. The maximum atomic E-state index is 9.83. The van der Waals surface area contributed by atoms with Crippen molar-refractivity contribution in [3.8, 4) is 0 Å². The minimum Gasteiger partial charge on any atom is -0.388 e. The summed E-state index contributed by atoms with van der Waals surface area (Å²) in [6.07, 6.45) is 2.15. The number of piperazine rings is 1. The van der Waals surface area contributed by atoms with Crippen molar-refractivity contribution in [2.75, 3.05) is 38.1 Å². The molecule has 1 aliphatic rings. The lowest BCUT2D eigenvalue weighted by Gasteiger charge is -2.34. The van der Waals surface area contributed by atoms with Crippen LogP contribution in [0.1, 0.15) is 30.6 Å². The van der Waals surface area contributed by atoms with Crippen LogP contribution < -0.4 is 4.90 Å². The summed E-state index contributed by atoms with van der Waals surface area (Å²) in [6.45, 7) is 8.28. The van der Waals surface area contributed by atoms with E-state index in [0.29, 0.717) is 0 Å². The molecule has 1 saturated heterocycles. The minimum atomic E-state index is -0.391. The van der Waals surface area contributed by atoms with Crippen LogP contribution in [0.5, 0.6) is 0 Å². The van der Waals surface area contributed by atoms with Crippen molar-refractivity contribution in [2.24, 2.45) is 0 Å². The Hall–Kier alpha value is -1.13. The zero-order valence-electron chi connectivity index (χ0n) is 11.6. The lowest BCUT2D eigenvalue weighted by atomic mass is 10.1. The largest absolute Gasteiger partial charge is 0.388 e. The van der Waals surface area contributed by atoms with Crippen molar-refractivity contribution < 1.29 is 5.11 Å². The molecule has 1 fully saturated rings. The summed E-state index contributed by atoms with van der Waals surface area (Å²) in [5.74, 6) is 1.06. The fourth-order valence-corrected chi connectivity index (χ4v) is 2.36. The molecule has 4 nitrogen and oxygen atoms in total. The summed E-state index contributed by atoms with van der Waals surface area (Å²) in [6, 6.07) is 2.06.